The van der Waals surface area contributed by atoms with Gasteiger partial charge >= 0.3 is 0 Å². The van der Waals surface area contributed by atoms with Crippen molar-refractivity contribution in [3.05, 3.63) is 44.1 Å². The van der Waals surface area contributed by atoms with Gasteiger partial charge in [-0.1, -0.05) is 23.2 Å². The van der Waals surface area contributed by atoms with Gasteiger partial charge in [0.05, 0.1) is 15.7 Å². The molecule has 0 saturated carbocycles. The van der Waals surface area contributed by atoms with E-state index >= 15 is 0 Å². The fourth-order valence-electron chi connectivity index (χ4n) is 1.51. The summed E-state index contributed by atoms with van der Waals surface area (Å²) in [6.45, 7) is 2.79. The van der Waals surface area contributed by atoms with Crippen LogP contribution < -0.4 is 11.1 Å². The van der Waals surface area contributed by atoms with Gasteiger partial charge in [-0.3, -0.25) is 0 Å². The van der Waals surface area contributed by atoms with Crippen LogP contribution in [0.25, 0.3) is 0 Å². The number of hydrogen-bond donors (Lipinski definition) is 2. The van der Waals surface area contributed by atoms with Crippen molar-refractivity contribution in [3.8, 4) is 0 Å². The highest BCUT2D eigenvalue weighted by Crippen LogP contribution is 2.33. The van der Waals surface area contributed by atoms with Crippen molar-refractivity contribution in [1.29, 1.82) is 0 Å². The second kappa shape index (κ2) is 5.17. The van der Waals surface area contributed by atoms with Crippen molar-refractivity contribution in [2.75, 3.05) is 11.1 Å². The van der Waals surface area contributed by atoms with E-state index in [4.69, 9.17) is 28.9 Å². The van der Waals surface area contributed by atoms with Crippen LogP contribution in [0.2, 0.25) is 10.0 Å². The van der Waals surface area contributed by atoms with Gasteiger partial charge in [0.25, 0.3) is 0 Å². The normalized spacial score (nSPS) is 10.5. The lowest BCUT2D eigenvalue weighted by atomic mass is 10.2. The second-order valence-electron chi connectivity index (χ2n) is 3.79. The third-order valence-electron chi connectivity index (χ3n) is 2.48. The van der Waals surface area contributed by atoms with E-state index in [9.17, 15) is 0 Å². The van der Waals surface area contributed by atoms with Crippen molar-refractivity contribution in [1.82, 2.24) is 0 Å². The number of nitrogens with one attached hydrogen (secondary N) is 1. The van der Waals surface area contributed by atoms with Crippen LogP contribution in [0.15, 0.2) is 22.9 Å². The molecule has 0 atom stereocenters. The Morgan fingerprint density at radius 1 is 1.24 bits per heavy atom. The largest absolute Gasteiger partial charge is 0.399 e. The van der Waals surface area contributed by atoms with E-state index in [1.807, 2.05) is 0 Å². The number of aryl methyl sites for hydroxylation is 1. The van der Waals surface area contributed by atoms with E-state index in [-0.39, 0.29) is 0 Å². The summed E-state index contributed by atoms with van der Waals surface area (Å²) >= 11 is 13.9. The smallest absolute Gasteiger partial charge is 0.0723 e. The summed E-state index contributed by atoms with van der Waals surface area (Å²) in [5.74, 6) is 0. The Kier molecular flexibility index (Phi) is 3.82. The Morgan fingerprint density at radius 2 is 1.88 bits per heavy atom. The van der Waals surface area contributed by atoms with Gasteiger partial charge in [0, 0.05) is 12.2 Å². The Balaban J connectivity index is 2.17. The zero-order valence-corrected chi connectivity index (χ0v) is 11.6. The van der Waals surface area contributed by atoms with E-state index in [0.717, 1.165) is 5.69 Å². The molecule has 0 amide bonds. The Morgan fingerprint density at radius 3 is 2.41 bits per heavy atom. The standard InChI is InChI=1S/C12H12Cl2N2S/c1-7-5-17-6-8(7)4-16-12-10(13)2-9(15)3-11(12)14/h2-3,5-6,16H,4,15H2,1H3. The van der Waals surface area contributed by atoms with Crippen LogP contribution in [-0.4, -0.2) is 0 Å². The maximum Gasteiger partial charge on any atom is 0.0723 e. The number of thiophene rings is 1. The first kappa shape index (κ1) is 12.6. The molecule has 0 unspecified atom stereocenters. The average molecular weight is 287 g/mol. The summed E-state index contributed by atoms with van der Waals surface area (Å²) in [6.07, 6.45) is 0. The molecule has 0 aliphatic rings. The lowest BCUT2D eigenvalue weighted by molar-refractivity contribution is 1.14. The van der Waals surface area contributed by atoms with Gasteiger partial charge in [0.1, 0.15) is 0 Å². The quantitative estimate of drug-likeness (QED) is 0.812. The molecule has 2 aromatic rings. The Bertz CT molecular complexity index is 514. The number of anilines is 2. The zero-order valence-electron chi connectivity index (χ0n) is 9.26. The number of rotatable bonds is 3. The predicted octanol–water partition coefficient (Wildman–Crippen LogP) is 4.56. The summed E-state index contributed by atoms with van der Waals surface area (Å²) in [5, 5.41) is 8.55. The maximum absolute atomic E-state index is 6.09. The minimum Gasteiger partial charge on any atom is -0.399 e. The Labute approximate surface area is 114 Å². The van der Waals surface area contributed by atoms with Crippen LogP contribution in [0, 0.1) is 6.92 Å². The zero-order chi connectivity index (χ0) is 12.4. The molecule has 0 radical (unpaired) electrons. The molecule has 2 rings (SSSR count). The molecule has 0 bridgehead atoms. The second-order valence-corrected chi connectivity index (χ2v) is 5.35. The molecule has 0 saturated heterocycles. The fourth-order valence-corrected chi connectivity index (χ4v) is 3.01. The molecule has 0 aliphatic heterocycles. The summed E-state index contributed by atoms with van der Waals surface area (Å²) in [6, 6.07) is 3.38. The summed E-state index contributed by atoms with van der Waals surface area (Å²) in [4.78, 5) is 0. The monoisotopic (exact) mass is 286 g/mol. The molecule has 17 heavy (non-hydrogen) atoms. The third kappa shape index (κ3) is 2.86. The minimum atomic E-state index is 0.544. The van der Waals surface area contributed by atoms with Gasteiger partial charge in [-0.2, -0.15) is 11.3 Å². The van der Waals surface area contributed by atoms with E-state index < -0.39 is 0 Å². The van der Waals surface area contributed by atoms with Crippen molar-refractivity contribution < 1.29 is 0 Å². The van der Waals surface area contributed by atoms with Gasteiger partial charge in [-0.15, -0.1) is 0 Å². The van der Waals surface area contributed by atoms with Gasteiger partial charge in [0.15, 0.2) is 0 Å². The van der Waals surface area contributed by atoms with Crippen molar-refractivity contribution in [2.45, 2.75) is 13.5 Å². The highest BCUT2D eigenvalue weighted by molar-refractivity contribution is 7.08. The third-order valence-corrected chi connectivity index (χ3v) is 3.99. The molecule has 0 aliphatic carbocycles. The summed E-state index contributed by atoms with van der Waals surface area (Å²) in [7, 11) is 0. The first-order valence-electron chi connectivity index (χ1n) is 5.08. The Hall–Kier alpha value is -0.900. The average Bonchev–Trinajstić information content (AvgIpc) is 2.62. The van der Waals surface area contributed by atoms with Gasteiger partial charge in [0.2, 0.25) is 0 Å². The molecule has 0 fully saturated rings. The molecule has 90 valence electrons. The van der Waals surface area contributed by atoms with Gasteiger partial charge < -0.3 is 11.1 Å². The molecule has 2 nitrogen and oxygen atoms in total. The van der Waals surface area contributed by atoms with E-state index in [2.05, 4.69) is 23.0 Å². The van der Waals surface area contributed by atoms with E-state index in [1.165, 1.54) is 11.1 Å². The van der Waals surface area contributed by atoms with E-state index in [0.29, 0.717) is 22.3 Å². The van der Waals surface area contributed by atoms with Crippen LogP contribution in [0.1, 0.15) is 11.1 Å². The number of hydrogen-bond acceptors (Lipinski definition) is 3. The first-order chi connectivity index (χ1) is 8.08. The van der Waals surface area contributed by atoms with Crippen LogP contribution in [-0.2, 0) is 6.54 Å². The van der Waals surface area contributed by atoms with Crippen LogP contribution in [0.4, 0.5) is 11.4 Å². The topological polar surface area (TPSA) is 38.0 Å². The summed E-state index contributed by atoms with van der Waals surface area (Å²) < 4.78 is 0. The molecule has 5 heteroatoms. The molecule has 1 aromatic carbocycles. The lowest BCUT2D eigenvalue weighted by Gasteiger charge is -2.11. The molecular formula is C12H12Cl2N2S. The minimum absolute atomic E-state index is 0.544. The summed E-state index contributed by atoms with van der Waals surface area (Å²) in [5.41, 5.74) is 9.46. The van der Waals surface area contributed by atoms with Crippen LogP contribution in [0.3, 0.4) is 0 Å². The highest BCUT2D eigenvalue weighted by Gasteiger charge is 2.07. The predicted molar refractivity (Wildman–Crippen MR) is 77.3 cm³/mol. The fraction of sp³-hybridized carbons (Fsp3) is 0.167. The van der Waals surface area contributed by atoms with Crippen LogP contribution in [0.5, 0.6) is 0 Å². The SMILES string of the molecule is Cc1cscc1CNc1c(Cl)cc(N)cc1Cl. The number of nitrogens with two attached hydrogens (primary N) is 1. The highest BCUT2D eigenvalue weighted by atomic mass is 35.5. The van der Waals surface area contributed by atoms with Crippen molar-refractivity contribution in [2.24, 2.45) is 0 Å². The number of benzene rings is 1. The molecule has 1 heterocycles. The van der Waals surface area contributed by atoms with Gasteiger partial charge in [-0.25, -0.2) is 0 Å². The molecule has 3 N–H and O–H groups in total. The van der Waals surface area contributed by atoms with Crippen LogP contribution >= 0.6 is 34.5 Å². The number of halogens is 2. The van der Waals surface area contributed by atoms with E-state index in [1.54, 1.807) is 23.5 Å². The number of nitrogen functional groups attached to an aromatic ring is 1. The first-order valence-corrected chi connectivity index (χ1v) is 6.78. The van der Waals surface area contributed by atoms with Gasteiger partial charge in [-0.05, 0) is 40.9 Å². The lowest BCUT2D eigenvalue weighted by Crippen LogP contribution is -2.01. The molecular weight excluding hydrogens is 275 g/mol. The van der Waals surface area contributed by atoms with Crippen molar-refractivity contribution in [3.63, 3.8) is 0 Å². The maximum atomic E-state index is 6.09. The molecule has 1 aromatic heterocycles. The van der Waals surface area contributed by atoms with Crippen molar-refractivity contribution >= 4 is 45.9 Å². The molecule has 0 spiro atoms.